The topological polar surface area (TPSA) is 80.3 Å². The molecule has 0 aliphatic heterocycles. The second-order valence-corrected chi connectivity index (χ2v) is 8.85. The molecule has 0 spiro atoms. The number of halogens is 2. The van der Waals surface area contributed by atoms with Crippen molar-refractivity contribution in [2.24, 2.45) is 0 Å². The normalized spacial score (nSPS) is 10.7. The number of para-hydroxylation sites is 1. The fraction of sp³-hybridized carbons (Fsp3) is 0.240. The molecule has 3 aromatic rings. The van der Waals surface area contributed by atoms with Crippen molar-refractivity contribution >= 4 is 50.9 Å². The third-order valence-corrected chi connectivity index (χ3v) is 5.63. The first-order valence-electron chi connectivity index (χ1n) is 10.5. The number of hydrogen-bond donors (Lipinski definition) is 2. The quantitative estimate of drug-likeness (QED) is 0.244. The highest BCUT2D eigenvalue weighted by atomic mass is 79.9. The molecule has 0 saturated carbocycles. The Morgan fingerprint density at radius 2 is 1.79 bits per heavy atom. The summed E-state index contributed by atoms with van der Waals surface area (Å²) in [4.78, 5) is 30.1. The number of hydrogen-bond acceptors (Lipinski definition) is 4. The van der Waals surface area contributed by atoms with Crippen molar-refractivity contribution in [3.8, 4) is 5.75 Å². The molecule has 33 heavy (non-hydrogen) atoms. The van der Waals surface area contributed by atoms with Crippen molar-refractivity contribution in [1.29, 1.82) is 0 Å². The van der Waals surface area contributed by atoms with Crippen LogP contribution in [0.1, 0.15) is 52.5 Å². The molecule has 3 rings (SSSR count). The van der Waals surface area contributed by atoms with Gasteiger partial charge in [0.1, 0.15) is 11.6 Å². The van der Waals surface area contributed by atoms with Gasteiger partial charge >= 0.3 is 0 Å². The van der Waals surface area contributed by atoms with Gasteiger partial charge in [-0.3, -0.25) is 9.59 Å². The minimum absolute atomic E-state index is 0.298. The summed E-state index contributed by atoms with van der Waals surface area (Å²) in [5, 5.41) is 6.85. The first-order chi connectivity index (χ1) is 15.9. The fourth-order valence-corrected chi connectivity index (χ4v) is 3.40. The number of ether oxygens (including phenoxy) is 1. The van der Waals surface area contributed by atoms with E-state index in [4.69, 9.17) is 16.3 Å². The summed E-state index contributed by atoms with van der Waals surface area (Å²) in [6, 6.07) is 15.6. The highest BCUT2D eigenvalue weighted by Gasteiger charge is 2.18. The third-order valence-electron chi connectivity index (χ3n) is 4.84. The number of amides is 2. The summed E-state index contributed by atoms with van der Waals surface area (Å²) < 4.78 is 5.90. The number of nitrogens with one attached hydrogen (secondary N) is 2. The van der Waals surface area contributed by atoms with Crippen LogP contribution in [-0.2, 0) is 0 Å². The standard InChI is InChI=1S/C25H25BrClN3O3/c1-16(2)17-8-10-20(22(14-17)33-13-5-12-26)25(32)29-21-7-4-3-6-19(21)24(31)30-23-11-9-18(27)15-28-23/h3-4,6-11,14-16H,5,12-13H2,1-2H3,(H,29,32)(H,28,30,31). The zero-order chi connectivity index (χ0) is 23.8. The molecule has 0 bridgehead atoms. The van der Waals surface area contributed by atoms with Gasteiger partial charge in [0.15, 0.2) is 0 Å². The average molecular weight is 531 g/mol. The van der Waals surface area contributed by atoms with E-state index < -0.39 is 5.91 Å². The summed E-state index contributed by atoms with van der Waals surface area (Å²) in [7, 11) is 0. The van der Waals surface area contributed by atoms with E-state index in [-0.39, 0.29) is 5.91 Å². The van der Waals surface area contributed by atoms with Crippen molar-refractivity contribution in [1.82, 2.24) is 4.98 Å². The predicted molar refractivity (Wildman–Crippen MR) is 136 cm³/mol. The van der Waals surface area contributed by atoms with E-state index in [2.05, 4.69) is 45.4 Å². The Bertz CT molecular complexity index is 1120. The predicted octanol–water partition coefficient (Wildman–Crippen LogP) is 6.53. The Balaban J connectivity index is 1.83. The van der Waals surface area contributed by atoms with Gasteiger partial charge in [0.2, 0.25) is 0 Å². The maximum absolute atomic E-state index is 13.2. The maximum Gasteiger partial charge on any atom is 0.259 e. The Morgan fingerprint density at radius 1 is 1.03 bits per heavy atom. The molecule has 6 nitrogen and oxygen atoms in total. The number of carbonyl (C=O) groups is 2. The maximum atomic E-state index is 13.2. The van der Waals surface area contributed by atoms with Gasteiger partial charge in [-0.1, -0.05) is 59.6 Å². The molecule has 1 aromatic heterocycles. The minimum Gasteiger partial charge on any atom is -0.493 e. The zero-order valence-electron chi connectivity index (χ0n) is 18.4. The molecule has 0 atom stereocenters. The summed E-state index contributed by atoms with van der Waals surface area (Å²) in [6.07, 6.45) is 2.26. The number of benzene rings is 2. The minimum atomic E-state index is -0.398. The lowest BCUT2D eigenvalue weighted by Gasteiger charge is -2.16. The molecule has 2 aromatic carbocycles. The Labute approximate surface area is 206 Å². The van der Waals surface area contributed by atoms with Crippen molar-refractivity contribution < 1.29 is 14.3 Å². The van der Waals surface area contributed by atoms with Crippen LogP contribution in [0, 0.1) is 0 Å². The second-order valence-electron chi connectivity index (χ2n) is 7.62. The van der Waals surface area contributed by atoms with Crippen LogP contribution in [0.5, 0.6) is 5.75 Å². The van der Waals surface area contributed by atoms with Crippen molar-refractivity contribution in [2.45, 2.75) is 26.2 Å². The highest BCUT2D eigenvalue weighted by Crippen LogP contribution is 2.27. The summed E-state index contributed by atoms with van der Waals surface area (Å²) in [5.41, 5.74) is 2.18. The lowest BCUT2D eigenvalue weighted by atomic mass is 10.0. The number of anilines is 2. The van der Waals surface area contributed by atoms with E-state index in [1.165, 1.54) is 6.20 Å². The van der Waals surface area contributed by atoms with Crippen LogP contribution in [0.3, 0.4) is 0 Å². The Morgan fingerprint density at radius 3 is 2.48 bits per heavy atom. The van der Waals surface area contributed by atoms with Gasteiger partial charge in [-0.25, -0.2) is 4.98 Å². The number of aromatic nitrogens is 1. The molecule has 8 heteroatoms. The first-order valence-corrected chi connectivity index (χ1v) is 12.0. The van der Waals surface area contributed by atoms with Gasteiger partial charge in [-0.05, 0) is 54.3 Å². The van der Waals surface area contributed by atoms with Gasteiger partial charge in [0.05, 0.1) is 28.4 Å². The molecular weight excluding hydrogens is 506 g/mol. The van der Waals surface area contributed by atoms with Gasteiger partial charge in [0, 0.05) is 11.5 Å². The van der Waals surface area contributed by atoms with Crippen LogP contribution in [0.4, 0.5) is 11.5 Å². The molecule has 2 amide bonds. The molecule has 0 unspecified atom stereocenters. The Hall–Kier alpha value is -2.90. The molecule has 0 aliphatic rings. The van der Waals surface area contributed by atoms with E-state index in [1.54, 1.807) is 42.5 Å². The smallest absolute Gasteiger partial charge is 0.259 e. The number of nitrogens with zero attached hydrogens (tertiary/aromatic N) is 1. The van der Waals surface area contributed by atoms with Gasteiger partial charge < -0.3 is 15.4 Å². The highest BCUT2D eigenvalue weighted by molar-refractivity contribution is 9.09. The van der Waals surface area contributed by atoms with E-state index >= 15 is 0 Å². The van der Waals surface area contributed by atoms with Crippen LogP contribution in [0.15, 0.2) is 60.8 Å². The van der Waals surface area contributed by atoms with Crippen LogP contribution >= 0.6 is 27.5 Å². The molecular formula is C25H25BrClN3O3. The number of rotatable bonds is 9. The van der Waals surface area contributed by atoms with Gasteiger partial charge in [-0.15, -0.1) is 0 Å². The first kappa shape index (κ1) is 24.7. The lowest BCUT2D eigenvalue weighted by molar-refractivity contribution is 0.102. The van der Waals surface area contributed by atoms with Crippen LogP contribution in [-0.4, -0.2) is 28.7 Å². The van der Waals surface area contributed by atoms with Crippen LogP contribution < -0.4 is 15.4 Å². The molecule has 1 heterocycles. The van der Waals surface area contributed by atoms with Crippen molar-refractivity contribution in [3.05, 3.63) is 82.5 Å². The molecule has 2 N–H and O–H groups in total. The Kier molecular flexibility index (Phi) is 8.86. The van der Waals surface area contributed by atoms with Crippen molar-refractivity contribution in [2.75, 3.05) is 22.6 Å². The molecule has 0 radical (unpaired) electrons. The molecule has 0 aliphatic carbocycles. The summed E-state index contributed by atoms with van der Waals surface area (Å²) >= 11 is 9.24. The SMILES string of the molecule is CC(C)c1ccc(C(=O)Nc2ccccc2C(=O)Nc2ccc(Cl)cn2)c(OCCCBr)c1. The van der Waals surface area contributed by atoms with E-state index in [1.807, 2.05) is 12.1 Å². The van der Waals surface area contributed by atoms with E-state index in [0.29, 0.717) is 45.9 Å². The van der Waals surface area contributed by atoms with Gasteiger partial charge in [-0.2, -0.15) is 0 Å². The number of pyridine rings is 1. The third kappa shape index (κ3) is 6.79. The summed E-state index contributed by atoms with van der Waals surface area (Å²) in [6.45, 7) is 4.66. The largest absolute Gasteiger partial charge is 0.493 e. The average Bonchev–Trinajstić information content (AvgIpc) is 2.81. The number of carbonyl (C=O) groups excluding carboxylic acids is 2. The number of alkyl halides is 1. The fourth-order valence-electron chi connectivity index (χ4n) is 3.05. The van der Waals surface area contributed by atoms with E-state index in [0.717, 1.165) is 17.3 Å². The monoisotopic (exact) mass is 529 g/mol. The second kappa shape index (κ2) is 11.8. The summed E-state index contributed by atoms with van der Waals surface area (Å²) in [5.74, 6) is 0.421. The van der Waals surface area contributed by atoms with E-state index in [9.17, 15) is 9.59 Å². The van der Waals surface area contributed by atoms with Crippen LogP contribution in [0.2, 0.25) is 5.02 Å². The molecule has 0 fully saturated rings. The van der Waals surface area contributed by atoms with Gasteiger partial charge in [0.25, 0.3) is 11.8 Å². The van der Waals surface area contributed by atoms with Crippen LogP contribution in [0.25, 0.3) is 0 Å². The van der Waals surface area contributed by atoms with Crippen molar-refractivity contribution in [3.63, 3.8) is 0 Å². The lowest BCUT2D eigenvalue weighted by Crippen LogP contribution is -2.19. The molecule has 0 saturated heterocycles. The zero-order valence-corrected chi connectivity index (χ0v) is 20.7. The molecule has 172 valence electrons.